The largest absolute Gasteiger partial charge is 0.480 e. The molecule has 0 aromatic carbocycles. The fourth-order valence-electron chi connectivity index (χ4n) is 1.32. The number of carbonyl (C=O) groups is 2. The zero-order valence-electron chi connectivity index (χ0n) is 12.0. The fourth-order valence-corrected chi connectivity index (χ4v) is 1.32. The summed E-state index contributed by atoms with van der Waals surface area (Å²) < 4.78 is 14.8. The van der Waals surface area contributed by atoms with E-state index in [0.717, 1.165) is 0 Å². The highest BCUT2D eigenvalue weighted by Gasteiger charge is 2.18. The normalized spacial score (nSPS) is 11.9. The number of carboxylic acids is 1. The highest BCUT2D eigenvalue weighted by molar-refractivity contribution is 5.82. The molecule has 0 saturated carbocycles. The average molecular weight is 292 g/mol. The molecule has 8 heteroatoms. The van der Waals surface area contributed by atoms with Crippen LogP contribution >= 0.6 is 0 Å². The monoisotopic (exact) mass is 292 g/mol. The molecule has 118 valence electrons. The molecule has 0 heterocycles. The molecule has 20 heavy (non-hydrogen) atoms. The molecule has 8 nitrogen and oxygen atoms in total. The van der Waals surface area contributed by atoms with Crippen molar-refractivity contribution in [3.63, 3.8) is 0 Å². The topological polar surface area (TPSA) is 106 Å². The third kappa shape index (κ3) is 10.5. The summed E-state index contributed by atoms with van der Waals surface area (Å²) in [4.78, 5) is 22.4. The number of rotatable bonds is 12. The lowest BCUT2D eigenvalue weighted by molar-refractivity contribution is -0.139. The predicted molar refractivity (Wildman–Crippen MR) is 71.8 cm³/mol. The van der Waals surface area contributed by atoms with Crippen molar-refractivity contribution in [2.45, 2.75) is 18.9 Å². The quantitative estimate of drug-likeness (QED) is 0.431. The van der Waals surface area contributed by atoms with E-state index in [1.54, 1.807) is 7.11 Å². The number of amides is 2. The van der Waals surface area contributed by atoms with E-state index >= 15 is 0 Å². The Morgan fingerprint density at radius 1 is 1.10 bits per heavy atom. The number of carbonyl (C=O) groups excluding carboxylic acids is 1. The van der Waals surface area contributed by atoms with Gasteiger partial charge in [0.05, 0.1) is 13.2 Å². The third-order valence-corrected chi connectivity index (χ3v) is 2.40. The molecular formula is C12H24N2O6. The van der Waals surface area contributed by atoms with Crippen molar-refractivity contribution in [3.8, 4) is 0 Å². The summed E-state index contributed by atoms with van der Waals surface area (Å²) in [5.41, 5.74) is 0. The van der Waals surface area contributed by atoms with Crippen LogP contribution in [-0.2, 0) is 19.0 Å². The minimum absolute atomic E-state index is 0.222. The Labute approximate surface area is 118 Å². The summed E-state index contributed by atoms with van der Waals surface area (Å²) in [5, 5.41) is 13.9. The van der Waals surface area contributed by atoms with Crippen molar-refractivity contribution >= 4 is 12.0 Å². The van der Waals surface area contributed by atoms with Gasteiger partial charge in [-0.2, -0.15) is 0 Å². The highest BCUT2D eigenvalue weighted by Crippen LogP contribution is 1.93. The first-order chi connectivity index (χ1) is 9.61. The first kappa shape index (κ1) is 18.6. The van der Waals surface area contributed by atoms with E-state index in [0.29, 0.717) is 32.8 Å². The molecule has 0 radical (unpaired) electrons. The second kappa shape index (κ2) is 12.6. The SMILES string of the molecule is COCCOCCCNC(=O)NC(CCOC)C(=O)O. The Bertz CT molecular complexity index is 275. The first-order valence-corrected chi connectivity index (χ1v) is 6.44. The van der Waals surface area contributed by atoms with E-state index in [1.807, 2.05) is 0 Å². The first-order valence-electron chi connectivity index (χ1n) is 6.44. The number of methoxy groups -OCH3 is 2. The molecular weight excluding hydrogens is 268 g/mol. The van der Waals surface area contributed by atoms with Crippen LogP contribution in [0.4, 0.5) is 4.79 Å². The average Bonchev–Trinajstić information content (AvgIpc) is 2.42. The maximum Gasteiger partial charge on any atom is 0.326 e. The molecule has 1 unspecified atom stereocenters. The number of hydrogen-bond donors (Lipinski definition) is 3. The Kier molecular flexibility index (Phi) is 11.8. The smallest absolute Gasteiger partial charge is 0.326 e. The molecule has 1 atom stereocenters. The van der Waals surface area contributed by atoms with Gasteiger partial charge in [-0.3, -0.25) is 0 Å². The Hall–Kier alpha value is -1.38. The number of nitrogens with one attached hydrogen (secondary N) is 2. The second-order valence-electron chi connectivity index (χ2n) is 4.03. The molecule has 0 aliphatic carbocycles. The highest BCUT2D eigenvalue weighted by atomic mass is 16.5. The van der Waals surface area contributed by atoms with Crippen molar-refractivity contribution in [2.75, 3.05) is 47.2 Å². The van der Waals surface area contributed by atoms with E-state index < -0.39 is 18.0 Å². The molecule has 0 aliphatic heterocycles. The van der Waals surface area contributed by atoms with Crippen molar-refractivity contribution in [1.82, 2.24) is 10.6 Å². The van der Waals surface area contributed by atoms with E-state index in [-0.39, 0.29) is 13.0 Å². The molecule has 0 saturated heterocycles. The third-order valence-electron chi connectivity index (χ3n) is 2.40. The Morgan fingerprint density at radius 2 is 1.80 bits per heavy atom. The number of carboxylic acid groups (broad SMARTS) is 1. The molecule has 0 aromatic rings. The summed E-state index contributed by atoms with van der Waals surface area (Å²) in [6, 6.07) is -1.46. The van der Waals surface area contributed by atoms with Gasteiger partial charge in [-0.05, 0) is 6.42 Å². The van der Waals surface area contributed by atoms with Crippen LogP contribution in [0.25, 0.3) is 0 Å². The van der Waals surface area contributed by atoms with Crippen LogP contribution in [0.2, 0.25) is 0 Å². The van der Waals surface area contributed by atoms with Crippen LogP contribution in [0.5, 0.6) is 0 Å². The maximum absolute atomic E-state index is 11.5. The molecule has 0 aromatic heterocycles. The lowest BCUT2D eigenvalue weighted by Crippen LogP contribution is -2.46. The molecule has 0 rings (SSSR count). The van der Waals surface area contributed by atoms with Gasteiger partial charge in [0.25, 0.3) is 0 Å². The van der Waals surface area contributed by atoms with Crippen LogP contribution in [0, 0.1) is 0 Å². The van der Waals surface area contributed by atoms with Gasteiger partial charge >= 0.3 is 12.0 Å². The molecule has 0 spiro atoms. The molecule has 3 N–H and O–H groups in total. The van der Waals surface area contributed by atoms with Gasteiger partial charge in [0.2, 0.25) is 0 Å². The number of urea groups is 1. The molecule has 0 aliphatic rings. The van der Waals surface area contributed by atoms with Gasteiger partial charge in [-0.25, -0.2) is 9.59 Å². The number of aliphatic carboxylic acids is 1. The summed E-state index contributed by atoms with van der Waals surface area (Å²) in [6.45, 7) is 2.24. The van der Waals surface area contributed by atoms with E-state index in [2.05, 4.69) is 10.6 Å². The van der Waals surface area contributed by atoms with Crippen LogP contribution in [0.3, 0.4) is 0 Å². The Morgan fingerprint density at radius 3 is 2.40 bits per heavy atom. The van der Waals surface area contributed by atoms with Crippen molar-refractivity contribution < 1.29 is 28.9 Å². The van der Waals surface area contributed by atoms with E-state index in [4.69, 9.17) is 19.3 Å². The summed E-state index contributed by atoms with van der Waals surface area (Å²) >= 11 is 0. The summed E-state index contributed by atoms with van der Waals surface area (Å²) in [5.74, 6) is -1.08. The zero-order valence-corrected chi connectivity index (χ0v) is 12.0. The van der Waals surface area contributed by atoms with E-state index in [1.165, 1.54) is 7.11 Å². The zero-order chi connectivity index (χ0) is 15.2. The van der Waals surface area contributed by atoms with Crippen LogP contribution in [0.15, 0.2) is 0 Å². The van der Waals surface area contributed by atoms with Crippen LogP contribution in [-0.4, -0.2) is 70.3 Å². The summed E-state index contributed by atoms with van der Waals surface area (Å²) in [7, 11) is 3.07. The van der Waals surface area contributed by atoms with Crippen LogP contribution < -0.4 is 10.6 Å². The van der Waals surface area contributed by atoms with Gasteiger partial charge in [0, 0.05) is 40.4 Å². The van der Waals surface area contributed by atoms with Crippen LogP contribution in [0.1, 0.15) is 12.8 Å². The van der Waals surface area contributed by atoms with Crippen molar-refractivity contribution in [1.29, 1.82) is 0 Å². The minimum Gasteiger partial charge on any atom is -0.480 e. The van der Waals surface area contributed by atoms with Crippen molar-refractivity contribution in [2.24, 2.45) is 0 Å². The van der Waals surface area contributed by atoms with Gasteiger partial charge in [0.15, 0.2) is 0 Å². The minimum atomic E-state index is -1.08. The fraction of sp³-hybridized carbons (Fsp3) is 0.833. The van der Waals surface area contributed by atoms with E-state index in [9.17, 15) is 9.59 Å². The lowest BCUT2D eigenvalue weighted by Gasteiger charge is -2.14. The van der Waals surface area contributed by atoms with Gasteiger partial charge in [-0.15, -0.1) is 0 Å². The molecule has 0 fully saturated rings. The number of hydrogen-bond acceptors (Lipinski definition) is 5. The van der Waals surface area contributed by atoms with Crippen molar-refractivity contribution in [3.05, 3.63) is 0 Å². The summed E-state index contributed by atoms with van der Waals surface area (Å²) in [6.07, 6.45) is 0.867. The second-order valence-corrected chi connectivity index (χ2v) is 4.03. The predicted octanol–water partition coefficient (Wildman–Crippen LogP) is -0.172. The van der Waals surface area contributed by atoms with Gasteiger partial charge in [-0.1, -0.05) is 0 Å². The standard InChI is InChI=1S/C12H24N2O6/c1-18-7-4-10(11(15)16)14-12(17)13-5-3-6-20-9-8-19-2/h10H,3-9H2,1-2H3,(H,15,16)(H2,13,14,17). The Balaban J connectivity index is 3.66. The molecule has 2 amide bonds. The molecule has 0 bridgehead atoms. The van der Waals surface area contributed by atoms with Gasteiger partial charge < -0.3 is 30.0 Å². The van der Waals surface area contributed by atoms with Gasteiger partial charge in [0.1, 0.15) is 6.04 Å². The number of ether oxygens (including phenoxy) is 3. The lowest BCUT2D eigenvalue weighted by atomic mass is 10.2. The maximum atomic E-state index is 11.5.